The first-order chi connectivity index (χ1) is 3.29. The van der Waals surface area contributed by atoms with E-state index in [2.05, 4.69) is 12.2 Å². The second-order valence-electron chi connectivity index (χ2n) is 2.31. The molecule has 0 spiro atoms. The molecule has 1 heterocycles. The molecular formula is C5H12N2. The maximum Gasteiger partial charge on any atom is 0.0180 e. The van der Waals surface area contributed by atoms with Gasteiger partial charge >= 0.3 is 0 Å². The van der Waals surface area contributed by atoms with Gasteiger partial charge in [-0.1, -0.05) is 0 Å². The molecule has 2 atom stereocenters. The SMILES string of the molecule is CC1C[C@@H](N)CN1. The van der Waals surface area contributed by atoms with Crippen molar-refractivity contribution in [2.24, 2.45) is 5.73 Å². The van der Waals surface area contributed by atoms with Gasteiger partial charge in [-0.05, 0) is 13.3 Å². The first-order valence-corrected chi connectivity index (χ1v) is 2.78. The molecule has 0 bridgehead atoms. The average Bonchev–Trinajstić information content (AvgIpc) is 1.87. The molecule has 1 aliphatic heterocycles. The molecular weight excluding hydrogens is 88.1 g/mol. The monoisotopic (exact) mass is 100 g/mol. The topological polar surface area (TPSA) is 38.0 Å². The molecule has 3 N–H and O–H groups in total. The summed E-state index contributed by atoms with van der Waals surface area (Å²) < 4.78 is 0. The van der Waals surface area contributed by atoms with Gasteiger partial charge in [0.1, 0.15) is 0 Å². The Hall–Kier alpha value is -0.0800. The number of hydrogen-bond acceptors (Lipinski definition) is 2. The first kappa shape index (κ1) is 5.06. The third-order valence-corrected chi connectivity index (χ3v) is 1.38. The summed E-state index contributed by atoms with van der Waals surface area (Å²) in [6.07, 6.45) is 1.14. The maximum atomic E-state index is 5.56. The van der Waals surface area contributed by atoms with Crippen LogP contribution in [-0.4, -0.2) is 18.6 Å². The zero-order valence-corrected chi connectivity index (χ0v) is 4.65. The molecule has 0 aromatic heterocycles. The Morgan fingerprint density at radius 2 is 2.43 bits per heavy atom. The van der Waals surface area contributed by atoms with E-state index in [9.17, 15) is 0 Å². The summed E-state index contributed by atoms with van der Waals surface area (Å²) in [5, 5.41) is 3.24. The van der Waals surface area contributed by atoms with E-state index in [-0.39, 0.29) is 0 Å². The van der Waals surface area contributed by atoms with Gasteiger partial charge in [-0.15, -0.1) is 0 Å². The molecule has 1 fully saturated rings. The second-order valence-corrected chi connectivity index (χ2v) is 2.31. The summed E-state index contributed by atoms with van der Waals surface area (Å²) in [5.74, 6) is 0. The molecule has 1 aliphatic rings. The lowest BCUT2D eigenvalue weighted by Crippen LogP contribution is -2.22. The quantitative estimate of drug-likeness (QED) is 0.438. The normalized spacial score (nSPS) is 42.0. The van der Waals surface area contributed by atoms with Gasteiger partial charge in [0.25, 0.3) is 0 Å². The van der Waals surface area contributed by atoms with E-state index in [1.807, 2.05) is 0 Å². The van der Waals surface area contributed by atoms with Crippen LogP contribution in [0, 0.1) is 0 Å². The molecule has 2 heteroatoms. The Labute approximate surface area is 44.1 Å². The van der Waals surface area contributed by atoms with Crippen molar-refractivity contribution >= 4 is 0 Å². The highest BCUT2D eigenvalue weighted by Gasteiger charge is 2.15. The van der Waals surface area contributed by atoms with E-state index in [0.717, 1.165) is 13.0 Å². The zero-order valence-electron chi connectivity index (χ0n) is 4.65. The van der Waals surface area contributed by atoms with Crippen LogP contribution in [-0.2, 0) is 0 Å². The summed E-state index contributed by atoms with van der Waals surface area (Å²) in [6, 6.07) is 1.06. The summed E-state index contributed by atoms with van der Waals surface area (Å²) in [7, 11) is 0. The highest BCUT2D eigenvalue weighted by molar-refractivity contribution is 4.79. The minimum atomic E-state index is 0.412. The average molecular weight is 100 g/mol. The third kappa shape index (κ3) is 1.14. The fourth-order valence-corrected chi connectivity index (χ4v) is 0.973. The van der Waals surface area contributed by atoms with Crippen molar-refractivity contribution in [1.29, 1.82) is 0 Å². The van der Waals surface area contributed by atoms with E-state index in [1.165, 1.54) is 0 Å². The number of rotatable bonds is 0. The van der Waals surface area contributed by atoms with Crippen LogP contribution in [0.4, 0.5) is 0 Å². The van der Waals surface area contributed by atoms with Crippen LogP contribution in [0.5, 0.6) is 0 Å². The molecule has 0 radical (unpaired) electrons. The Kier molecular flexibility index (Phi) is 1.30. The van der Waals surface area contributed by atoms with Gasteiger partial charge < -0.3 is 11.1 Å². The predicted octanol–water partition coefficient (Wildman–Crippen LogP) is -0.305. The molecule has 42 valence electrons. The van der Waals surface area contributed by atoms with Crippen molar-refractivity contribution in [1.82, 2.24) is 5.32 Å². The van der Waals surface area contributed by atoms with Crippen LogP contribution in [0.1, 0.15) is 13.3 Å². The van der Waals surface area contributed by atoms with Gasteiger partial charge in [0, 0.05) is 18.6 Å². The van der Waals surface area contributed by atoms with Gasteiger partial charge in [-0.2, -0.15) is 0 Å². The van der Waals surface area contributed by atoms with Crippen molar-refractivity contribution in [2.75, 3.05) is 6.54 Å². The summed E-state index contributed by atoms with van der Waals surface area (Å²) in [5.41, 5.74) is 5.56. The molecule has 0 aromatic rings. The summed E-state index contributed by atoms with van der Waals surface area (Å²) >= 11 is 0. The van der Waals surface area contributed by atoms with E-state index in [4.69, 9.17) is 5.73 Å². The molecule has 2 nitrogen and oxygen atoms in total. The number of hydrogen-bond donors (Lipinski definition) is 2. The van der Waals surface area contributed by atoms with E-state index >= 15 is 0 Å². The van der Waals surface area contributed by atoms with Crippen LogP contribution in [0.3, 0.4) is 0 Å². The minimum Gasteiger partial charge on any atom is -0.326 e. The van der Waals surface area contributed by atoms with Crippen molar-refractivity contribution in [3.8, 4) is 0 Å². The summed E-state index contributed by atoms with van der Waals surface area (Å²) in [4.78, 5) is 0. The lowest BCUT2D eigenvalue weighted by molar-refractivity contribution is 0.657. The molecule has 0 aliphatic carbocycles. The molecule has 7 heavy (non-hydrogen) atoms. The Morgan fingerprint density at radius 1 is 1.71 bits per heavy atom. The number of nitrogens with one attached hydrogen (secondary N) is 1. The van der Waals surface area contributed by atoms with Gasteiger partial charge in [0.2, 0.25) is 0 Å². The fourth-order valence-electron chi connectivity index (χ4n) is 0.973. The fraction of sp³-hybridized carbons (Fsp3) is 1.00. The van der Waals surface area contributed by atoms with Crippen LogP contribution in [0.15, 0.2) is 0 Å². The molecule has 0 aromatic carbocycles. The predicted molar refractivity (Wildman–Crippen MR) is 30.1 cm³/mol. The highest BCUT2D eigenvalue weighted by atomic mass is 15.0. The van der Waals surface area contributed by atoms with E-state index in [1.54, 1.807) is 0 Å². The largest absolute Gasteiger partial charge is 0.326 e. The van der Waals surface area contributed by atoms with E-state index in [0.29, 0.717) is 12.1 Å². The molecule has 1 unspecified atom stereocenters. The Bertz CT molecular complexity index is 55.1. The third-order valence-electron chi connectivity index (χ3n) is 1.38. The van der Waals surface area contributed by atoms with Crippen molar-refractivity contribution < 1.29 is 0 Å². The Balaban J connectivity index is 2.26. The van der Waals surface area contributed by atoms with Crippen LogP contribution < -0.4 is 11.1 Å². The van der Waals surface area contributed by atoms with Crippen molar-refractivity contribution in [2.45, 2.75) is 25.4 Å². The van der Waals surface area contributed by atoms with Crippen LogP contribution >= 0.6 is 0 Å². The Morgan fingerprint density at radius 3 is 2.57 bits per heavy atom. The molecule has 0 saturated carbocycles. The minimum absolute atomic E-state index is 0.412. The van der Waals surface area contributed by atoms with Crippen LogP contribution in [0.25, 0.3) is 0 Å². The zero-order chi connectivity index (χ0) is 5.28. The standard InChI is InChI=1S/C5H12N2/c1-4-2-5(6)3-7-4/h4-5,7H,2-3,6H2,1H3/t4?,5-/m1/s1. The van der Waals surface area contributed by atoms with Crippen LogP contribution in [0.2, 0.25) is 0 Å². The lowest BCUT2D eigenvalue weighted by atomic mass is 10.2. The second kappa shape index (κ2) is 1.80. The number of nitrogens with two attached hydrogens (primary N) is 1. The molecule has 1 saturated heterocycles. The highest BCUT2D eigenvalue weighted by Crippen LogP contribution is 2.01. The summed E-state index contributed by atoms with van der Waals surface area (Å²) in [6.45, 7) is 3.16. The first-order valence-electron chi connectivity index (χ1n) is 2.78. The molecule has 0 amide bonds. The van der Waals surface area contributed by atoms with E-state index < -0.39 is 0 Å². The maximum absolute atomic E-state index is 5.56. The molecule has 1 rings (SSSR count). The van der Waals surface area contributed by atoms with Crippen molar-refractivity contribution in [3.63, 3.8) is 0 Å². The van der Waals surface area contributed by atoms with Crippen molar-refractivity contribution in [3.05, 3.63) is 0 Å². The smallest absolute Gasteiger partial charge is 0.0180 e. The lowest BCUT2D eigenvalue weighted by Gasteiger charge is -1.96. The van der Waals surface area contributed by atoms with Gasteiger partial charge in [-0.3, -0.25) is 0 Å². The van der Waals surface area contributed by atoms with Gasteiger partial charge in [0.05, 0.1) is 0 Å². The van der Waals surface area contributed by atoms with Gasteiger partial charge in [0.15, 0.2) is 0 Å². The van der Waals surface area contributed by atoms with Gasteiger partial charge in [-0.25, -0.2) is 0 Å².